The number of phenols is 1. The Kier molecular flexibility index (Phi) is 5.16. The van der Waals surface area contributed by atoms with Gasteiger partial charge in [-0.3, -0.25) is 14.9 Å². The molecular weight excluding hydrogens is 314 g/mol. The molecular formula is C17H15NO6. The molecule has 0 heterocycles. The highest BCUT2D eigenvalue weighted by molar-refractivity contribution is 6.07. The molecule has 7 heteroatoms. The van der Waals surface area contributed by atoms with Gasteiger partial charge in [-0.2, -0.15) is 0 Å². The van der Waals surface area contributed by atoms with E-state index in [2.05, 4.69) is 0 Å². The van der Waals surface area contributed by atoms with Crippen molar-refractivity contribution >= 4 is 17.5 Å². The first-order valence-corrected chi connectivity index (χ1v) is 6.88. The number of hydrogen-bond donors (Lipinski definition) is 1. The lowest BCUT2D eigenvalue weighted by Crippen LogP contribution is -1.96. The molecule has 0 amide bonds. The highest BCUT2D eigenvalue weighted by Gasteiger charge is 2.19. The second-order valence-corrected chi connectivity index (χ2v) is 4.78. The lowest BCUT2D eigenvalue weighted by molar-refractivity contribution is -0.386. The van der Waals surface area contributed by atoms with Gasteiger partial charge in [-0.05, 0) is 29.8 Å². The Morgan fingerprint density at radius 2 is 1.96 bits per heavy atom. The van der Waals surface area contributed by atoms with Gasteiger partial charge in [0.1, 0.15) is 5.75 Å². The monoisotopic (exact) mass is 329 g/mol. The summed E-state index contributed by atoms with van der Waals surface area (Å²) < 4.78 is 9.97. The fourth-order valence-corrected chi connectivity index (χ4v) is 2.05. The minimum atomic E-state index is -0.723. The average molecular weight is 329 g/mol. The number of aromatic hydroxyl groups is 1. The Morgan fingerprint density at radius 3 is 2.58 bits per heavy atom. The molecule has 0 radical (unpaired) electrons. The Labute approximate surface area is 137 Å². The van der Waals surface area contributed by atoms with Crippen molar-refractivity contribution in [3.05, 3.63) is 63.7 Å². The van der Waals surface area contributed by atoms with Crippen molar-refractivity contribution in [1.29, 1.82) is 0 Å². The van der Waals surface area contributed by atoms with Gasteiger partial charge in [0.15, 0.2) is 11.5 Å². The molecule has 0 aliphatic heterocycles. The summed E-state index contributed by atoms with van der Waals surface area (Å²) in [5.41, 5.74) is 0.279. The number of carbonyl (C=O) groups is 1. The molecule has 7 nitrogen and oxygen atoms in total. The van der Waals surface area contributed by atoms with E-state index in [0.29, 0.717) is 16.9 Å². The van der Waals surface area contributed by atoms with E-state index in [1.807, 2.05) is 0 Å². The summed E-state index contributed by atoms with van der Waals surface area (Å²) in [5.74, 6) is -0.337. The molecule has 0 unspecified atom stereocenters. The summed E-state index contributed by atoms with van der Waals surface area (Å²) in [7, 11) is 2.79. The van der Waals surface area contributed by atoms with E-state index >= 15 is 0 Å². The first kappa shape index (κ1) is 17.0. The van der Waals surface area contributed by atoms with E-state index < -0.39 is 16.4 Å². The number of rotatable bonds is 6. The van der Waals surface area contributed by atoms with Crippen molar-refractivity contribution in [2.45, 2.75) is 0 Å². The molecule has 0 aliphatic carbocycles. The number of nitrogens with zero attached hydrogens (tertiary/aromatic N) is 1. The number of nitro groups is 1. The van der Waals surface area contributed by atoms with E-state index in [1.54, 1.807) is 24.3 Å². The second-order valence-electron chi connectivity index (χ2n) is 4.78. The molecule has 2 rings (SSSR count). The zero-order valence-electron chi connectivity index (χ0n) is 13.1. The number of methoxy groups -OCH3 is 2. The van der Waals surface area contributed by atoms with E-state index in [-0.39, 0.29) is 11.5 Å². The van der Waals surface area contributed by atoms with Crippen molar-refractivity contribution < 1.29 is 24.3 Å². The number of ether oxygens (including phenoxy) is 2. The molecule has 0 atom stereocenters. The summed E-state index contributed by atoms with van der Waals surface area (Å²) in [6.07, 6.45) is 2.70. The van der Waals surface area contributed by atoms with Crippen LogP contribution in [-0.4, -0.2) is 30.0 Å². The predicted octanol–water partition coefficient (Wildman–Crippen LogP) is 3.21. The van der Waals surface area contributed by atoms with Crippen molar-refractivity contribution in [2.75, 3.05) is 14.2 Å². The van der Waals surface area contributed by atoms with Crippen molar-refractivity contribution in [3.63, 3.8) is 0 Å². The third-order valence-electron chi connectivity index (χ3n) is 3.28. The minimum absolute atomic E-state index is 0.0438. The summed E-state index contributed by atoms with van der Waals surface area (Å²) in [5, 5.41) is 20.7. The molecule has 0 aromatic heterocycles. The van der Waals surface area contributed by atoms with Gasteiger partial charge in [0.25, 0.3) is 0 Å². The normalized spacial score (nSPS) is 10.6. The van der Waals surface area contributed by atoms with E-state index in [1.165, 1.54) is 32.4 Å². The second kappa shape index (κ2) is 7.28. The lowest BCUT2D eigenvalue weighted by atomic mass is 10.1. The van der Waals surface area contributed by atoms with Gasteiger partial charge in [-0.25, -0.2) is 0 Å². The Balaban J connectivity index is 2.32. The molecule has 2 aromatic rings. The fourth-order valence-electron chi connectivity index (χ4n) is 2.05. The van der Waals surface area contributed by atoms with Crippen LogP contribution in [0.25, 0.3) is 6.08 Å². The maximum Gasteiger partial charge on any atom is 0.315 e. The maximum atomic E-state index is 12.2. The van der Waals surface area contributed by atoms with Crippen LogP contribution in [0.4, 0.5) is 5.69 Å². The van der Waals surface area contributed by atoms with Crippen LogP contribution >= 0.6 is 0 Å². The minimum Gasteiger partial charge on any atom is -0.500 e. The van der Waals surface area contributed by atoms with Crippen LogP contribution in [0.2, 0.25) is 0 Å². The predicted molar refractivity (Wildman–Crippen MR) is 87.7 cm³/mol. The molecule has 0 saturated heterocycles. The number of allylic oxidation sites excluding steroid dienone is 1. The van der Waals surface area contributed by atoms with Gasteiger partial charge in [0.2, 0.25) is 5.75 Å². The van der Waals surface area contributed by atoms with Gasteiger partial charge >= 0.3 is 5.69 Å². The number of nitro benzene ring substituents is 1. The van der Waals surface area contributed by atoms with Crippen molar-refractivity contribution in [3.8, 4) is 17.2 Å². The zero-order chi connectivity index (χ0) is 17.7. The van der Waals surface area contributed by atoms with E-state index in [9.17, 15) is 20.0 Å². The van der Waals surface area contributed by atoms with Crippen LogP contribution in [0.15, 0.2) is 42.5 Å². The van der Waals surface area contributed by atoms with E-state index in [0.717, 1.165) is 6.07 Å². The van der Waals surface area contributed by atoms with Crippen LogP contribution in [-0.2, 0) is 0 Å². The van der Waals surface area contributed by atoms with Crippen molar-refractivity contribution in [1.82, 2.24) is 0 Å². The lowest BCUT2D eigenvalue weighted by Gasteiger charge is -2.05. The molecule has 0 spiro atoms. The fraction of sp³-hybridized carbons (Fsp3) is 0.118. The molecule has 0 aliphatic rings. The standard InChI is InChI=1S/C17H15NO6/c1-23-13-5-3-4-12(10-13)15(19)7-6-11-8-14(18(21)22)17(20)16(9-11)24-2/h3-10,20H,1-2H3/b7-6+. The highest BCUT2D eigenvalue weighted by Crippen LogP contribution is 2.37. The molecule has 124 valence electrons. The van der Waals surface area contributed by atoms with Crippen LogP contribution in [0.5, 0.6) is 17.2 Å². The zero-order valence-corrected chi connectivity index (χ0v) is 13.1. The topological polar surface area (TPSA) is 98.9 Å². The summed E-state index contributed by atoms with van der Waals surface area (Å²) in [6, 6.07) is 9.19. The Bertz CT molecular complexity index is 813. The quantitative estimate of drug-likeness (QED) is 0.378. The third kappa shape index (κ3) is 3.70. The number of carbonyl (C=O) groups excluding carboxylic acids is 1. The molecule has 0 fully saturated rings. The largest absolute Gasteiger partial charge is 0.500 e. The maximum absolute atomic E-state index is 12.2. The van der Waals surface area contributed by atoms with Crippen LogP contribution in [0, 0.1) is 10.1 Å². The number of hydrogen-bond acceptors (Lipinski definition) is 6. The number of benzene rings is 2. The molecule has 24 heavy (non-hydrogen) atoms. The smallest absolute Gasteiger partial charge is 0.315 e. The Morgan fingerprint density at radius 1 is 1.21 bits per heavy atom. The van der Waals surface area contributed by atoms with Gasteiger partial charge in [0, 0.05) is 11.6 Å². The highest BCUT2D eigenvalue weighted by atomic mass is 16.6. The SMILES string of the molecule is COc1cccc(C(=O)/C=C/c2cc(OC)c(O)c([N+](=O)[O-])c2)c1. The summed E-state index contributed by atoms with van der Waals surface area (Å²) in [4.78, 5) is 22.4. The average Bonchev–Trinajstić information content (AvgIpc) is 2.60. The number of ketones is 1. The third-order valence-corrected chi connectivity index (χ3v) is 3.28. The van der Waals surface area contributed by atoms with Gasteiger partial charge in [-0.15, -0.1) is 0 Å². The van der Waals surface area contributed by atoms with Crippen LogP contribution in [0.1, 0.15) is 15.9 Å². The Hall–Kier alpha value is -3.35. The molecule has 1 N–H and O–H groups in total. The van der Waals surface area contributed by atoms with Gasteiger partial charge < -0.3 is 14.6 Å². The molecule has 2 aromatic carbocycles. The summed E-state index contributed by atoms with van der Waals surface area (Å²) >= 11 is 0. The number of phenolic OH excluding ortho intramolecular Hbond substituents is 1. The van der Waals surface area contributed by atoms with Gasteiger partial charge in [-0.1, -0.05) is 18.2 Å². The van der Waals surface area contributed by atoms with Crippen LogP contribution in [0.3, 0.4) is 0 Å². The van der Waals surface area contributed by atoms with Crippen molar-refractivity contribution in [2.24, 2.45) is 0 Å². The summed E-state index contributed by atoms with van der Waals surface area (Å²) in [6.45, 7) is 0. The van der Waals surface area contributed by atoms with Crippen LogP contribution < -0.4 is 9.47 Å². The first-order chi connectivity index (χ1) is 11.5. The first-order valence-electron chi connectivity index (χ1n) is 6.88. The van der Waals surface area contributed by atoms with Gasteiger partial charge in [0.05, 0.1) is 19.1 Å². The molecule has 0 saturated carbocycles. The van der Waals surface area contributed by atoms with E-state index in [4.69, 9.17) is 9.47 Å². The molecule has 0 bridgehead atoms.